The van der Waals surface area contributed by atoms with Gasteiger partial charge in [-0.25, -0.2) is 9.59 Å². The van der Waals surface area contributed by atoms with Crippen LogP contribution in [0.4, 0.5) is 35.9 Å². The molecule has 0 aromatic carbocycles. The number of carbonyl (C=O) groups is 4. The second kappa shape index (κ2) is 19.2. The lowest BCUT2D eigenvalue weighted by molar-refractivity contribution is -0.408. The van der Waals surface area contributed by atoms with Gasteiger partial charge in [-0.2, -0.15) is 26.3 Å². The van der Waals surface area contributed by atoms with Gasteiger partial charge in [0, 0.05) is 31.8 Å². The Morgan fingerprint density at radius 1 is 0.691 bits per heavy atom. The topological polar surface area (TPSA) is 148 Å². The Labute approximate surface area is 318 Å². The number of amides is 2. The first-order valence-electron chi connectivity index (χ1n) is 18.0. The second-order valence-electron chi connectivity index (χ2n) is 16.9. The Hall–Kier alpha value is -3.38. The lowest BCUT2D eigenvalue weighted by Gasteiger charge is -2.46. The van der Waals surface area contributed by atoms with Gasteiger partial charge in [0.25, 0.3) is 0 Å². The van der Waals surface area contributed by atoms with E-state index in [9.17, 15) is 45.5 Å². The van der Waals surface area contributed by atoms with Crippen molar-refractivity contribution in [2.24, 2.45) is 33.5 Å². The van der Waals surface area contributed by atoms with Gasteiger partial charge in [0.05, 0.1) is 25.0 Å². The highest BCUT2D eigenvalue weighted by Crippen LogP contribution is 2.50. The molecule has 18 heteroatoms. The molecule has 2 aliphatic carbocycles. The summed E-state index contributed by atoms with van der Waals surface area (Å²) in [7, 11) is 0. The Morgan fingerprint density at radius 3 is 1.67 bits per heavy atom. The van der Waals surface area contributed by atoms with Crippen LogP contribution in [-0.2, 0) is 38.0 Å². The number of hydrogen-bond acceptors (Lipinski definition) is 10. The average molecular weight is 803 g/mol. The van der Waals surface area contributed by atoms with Gasteiger partial charge in [-0.3, -0.25) is 14.3 Å². The standard InChI is InChI=1S/C37H56F6N2O10/c1-9-51-29(48)44-21-33(7)17-25(15-31(3,4)19-33)27(46)11-12-35(38,39)54-24-37(42,43)55-36(40,41)23-50-13-14-53-28(47)26-16-32(5,6)20-34(8,18-26)22-45-30(49)52-10-2/h9-10,25-26H,1-2,11-24H2,3-8H3,(H,44,48)(H,45,49). The average Bonchev–Trinajstić information content (AvgIpc) is 3.02. The fraction of sp³-hybridized carbons (Fsp3) is 0.784. The van der Waals surface area contributed by atoms with Crippen molar-refractivity contribution in [3.8, 4) is 0 Å². The first-order valence-corrected chi connectivity index (χ1v) is 18.0. The van der Waals surface area contributed by atoms with E-state index in [1.165, 1.54) is 0 Å². The Kier molecular flexibility index (Phi) is 16.7. The van der Waals surface area contributed by atoms with Crippen molar-refractivity contribution in [1.29, 1.82) is 0 Å². The summed E-state index contributed by atoms with van der Waals surface area (Å²) in [6.07, 6.45) is -12.6. The summed E-state index contributed by atoms with van der Waals surface area (Å²) in [6.45, 7) is 13.3. The summed E-state index contributed by atoms with van der Waals surface area (Å²) in [5.41, 5.74) is -1.79. The zero-order valence-electron chi connectivity index (χ0n) is 32.5. The van der Waals surface area contributed by atoms with Gasteiger partial charge in [-0.1, -0.05) is 54.7 Å². The van der Waals surface area contributed by atoms with Crippen LogP contribution in [-0.4, -0.2) is 81.8 Å². The summed E-state index contributed by atoms with van der Waals surface area (Å²) < 4.78 is 112. The van der Waals surface area contributed by atoms with Crippen LogP contribution in [0.25, 0.3) is 0 Å². The minimum Gasteiger partial charge on any atom is -0.463 e. The molecular formula is C37H56F6N2O10. The third-order valence-electron chi connectivity index (χ3n) is 9.53. The van der Waals surface area contributed by atoms with Gasteiger partial charge < -0.3 is 34.3 Å². The van der Waals surface area contributed by atoms with Gasteiger partial charge in [0.2, 0.25) is 0 Å². The predicted octanol–water partition coefficient (Wildman–Crippen LogP) is 8.11. The third-order valence-corrected chi connectivity index (χ3v) is 9.53. The molecule has 0 spiro atoms. The van der Waals surface area contributed by atoms with E-state index >= 15 is 0 Å². The number of rotatable bonds is 21. The van der Waals surface area contributed by atoms with Crippen molar-refractivity contribution >= 4 is 23.9 Å². The molecule has 0 bridgehead atoms. The first kappa shape index (κ1) is 47.8. The van der Waals surface area contributed by atoms with E-state index in [0.29, 0.717) is 32.1 Å². The van der Waals surface area contributed by atoms with Crippen LogP contribution < -0.4 is 10.6 Å². The quantitative estimate of drug-likeness (QED) is 0.0384. The van der Waals surface area contributed by atoms with Crippen molar-refractivity contribution in [1.82, 2.24) is 10.6 Å². The highest BCUT2D eigenvalue weighted by atomic mass is 19.3. The van der Waals surface area contributed by atoms with Crippen LogP contribution in [0.5, 0.6) is 0 Å². The van der Waals surface area contributed by atoms with E-state index in [0.717, 1.165) is 12.5 Å². The van der Waals surface area contributed by atoms with Gasteiger partial charge in [0.1, 0.15) is 25.6 Å². The number of Topliss-reactive ketones (excluding diaryl/α,β-unsaturated/α-hetero) is 1. The van der Waals surface area contributed by atoms with Crippen molar-refractivity contribution in [3.63, 3.8) is 0 Å². The van der Waals surface area contributed by atoms with Crippen molar-refractivity contribution in [2.45, 2.75) is 111 Å². The molecule has 2 fully saturated rings. The molecule has 2 saturated carbocycles. The normalized spacial score (nSPS) is 25.2. The number of hydrogen-bond donors (Lipinski definition) is 2. The molecule has 55 heavy (non-hydrogen) atoms. The predicted molar refractivity (Wildman–Crippen MR) is 186 cm³/mol. The Balaban J connectivity index is 1.79. The van der Waals surface area contributed by atoms with Gasteiger partial charge in [0.15, 0.2) is 0 Å². The summed E-state index contributed by atoms with van der Waals surface area (Å²) in [6, 6.07) is 0. The van der Waals surface area contributed by atoms with Crippen LogP contribution in [0.1, 0.15) is 92.9 Å². The van der Waals surface area contributed by atoms with Crippen LogP contribution in [0.15, 0.2) is 25.7 Å². The van der Waals surface area contributed by atoms with Crippen molar-refractivity contribution in [3.05, 3.63) is 25.7 Å². The van der Waals surface area contributed by atoms with Crippen LogP contribution >= 0.6 is 0 Å². The summed E-state index contributed by atoms with van der Waals surface area (Å²) >= 11 is 0. The lowest BCUT2D eigenvalue weighted by Crippen LogP contribution is -2.45. The van der Waals surface area contributed by atoms with Crippen LogP contribution in [0.2, 0.25) is 0 Å². The number of alkyl carbamates (subject to hydrolysis) is 2. The lowest BCUT2D eigenvalue weighted by atomic mass is 9.59. The van der Waals surface area contributed by atoms with Gasteiger partial charge in [-0.15, -0.1) is 0 Å². The summed E-state index contributed by atoms with van der Waals surface area (Å²) in [5, 5.41) is 5.20. The largest absolute Gasteiger partial charge is 0.463 e. The molecule has 0 aromatic rings. The van der Waals surface area contributed by atoms with E-state index < -0.39 is 110 Å². The Morgan fingerprint density at radius 2 is 1.16 bits per heavy atom. The molecule has 0 saturated heterocycles. The highest BCUT2D eigenvalue weighted by Gasteiger charge is 2.49. The number of halogens is 6. The van der Waals surface area contributed by atoms with E-state index in [4.69, 9.17) is 4.74 Å². The maximum Gasteiger partial charge on any atom is 0.412 e. The van der Waals surface area contributed by atoms with Crippen LogP contribution in [0, 0.1) is 33.5 Å². The summed E-state index contributed by atoms with van der Waals surface area (Å²) in [4.78, 5) is 49.2. The number of esters is 1. The molecule has 2 aliphatic rings. The van der Waals surface area contributed by atoms with E-state index in [-0.39, 0.29) is 24.9 Å². The molecule has 316 valence electrons. The van der Waals surface area contributed by atoms with Crippen molar-refractivity contribution < 1.29 is 73.9 Å². The first-order chi connectivity index (χ1) is 25.1. The number of ketones is 1. The Bertz CT molecular complexity index is 1360. The maximum absolute atomic E-state index is 14.5. The molecule has 0 heterocycles. The molecule has 0 radical (unpaired) electrons. The summed E-state index contributed by atoms with van der Waals surface area (Å²) in [5.74, 6) is -2.46. The molecule has 12 nitrogen and oxygen atoms in total. The number of nitrogens with one attached hydrogen (secondary N) is 2. The molecule has 0 aromatic heterocycles. The zero-order chi connectivity index (χ0) is 41.9. The van der Waals surface area contributed by atoms with Gasteiger partial charge in [-0.05, 0) is 60.2 Å². The highest BCUT2D eigenvalue weighted by molar-refractivity contribution is 5.81. The maximum atomic E-state index is 14.5. The monoisotopic (exact) mass is 802 g/mol. The molecule has 4 unspecified atom stereocenters. The van der Waals surface area contributed by atoms with Gasteiger partial charge >= 0.3 is 36.5 Å². The minimum absolute atomic E-state index is 0.140. The second-order valence-corrected chi connectivity index (χ2v) is 16.9. The van der Waals surface area contributed by atoms with E-state index in [1.807, 2.05) is 41.5 Å². The van der Waals surface area contributed by atoms with Crippen molar-refractivity contribution in [2.75, 3.05) is 39.5 Å². The SMILES string of the molecule is C=COC(=O)NCC1(C)CC(C(=O)CCC(F)(F)OCC(F)(F)OC(F)(F)COCCOC(=O)C2CC(C)(C)CC(C)(CNC(=O)OC=C)C2)CC(C)(C)C1. The number of alkyl halides is 6. The third kappa shape index (κ3) is 17.5. The number of ether oxygens (including phenoxy) is 6. The fourth-order valence-electron chi connectivity index (χ4n) is 8.26. The number of carbonyl (C=O) groups excluding carboxylic acids is 4. The molecular weight excluding hydrogens is 746 g/mol. The smallest absolute Gasteiger partial charge is 0.412 e. The molecule has 0 aliphatic heterocycles. The zero-order valence-corrected chi connectivity index (χ0v) is 32.5. The van der Waals surface area contributed by atoms with Crippen LogP contribution in [0.3, 0.4) is 0 Å². The fourth-order valence-corrected chi connectivity index (χ4v) is 8.26. The van der Waals surface area contributed by atoms with E-state index in [1.54, 1.807) is 0 Å². The molecule has 2 N–H and O–H groups in total. The van der Waals surface area contributed by atoms with E-state index in [2.05, 4.69) is 47.5 Å². The minimum atomic E-state index is -4.88. The molecule has 2 rings (SSSR count). The molecule has 2 amide bonds. The molecule has 4 atom stereocenters.